The Balaban J connectivity index is 1.81. The van der Waals surface area contributed by atoms with Gasteiger partial charge in [-0.25, -0.2) is 4.79 Å². The van der Waals surface area contributed by atoms with E-state index in [-0.39, 0.29) is 30.5 Å². The SMILES string of the molecule is CCCNC(=O)CCCCn1c(=O)c2ccccc2n(CC(=O)Nc2ccc(C)c(C)c2)c1=O. The number of unbranched alkanes of at least 4 members (excludes halogenated alkanes) is 1. The number of carbonyl (C=O) groups excluding carboxylic acids is 2. The number of aryl methyl sites for hydroxylation is 2. The number of hydrogen-bond donors (Lipinski definition) is 2. The van der Waals surface area contributed by atoms with E-state index in [0.29, 0.717) is 42.4 Å². The molecule has 0 atom stereocenters. The van der Waals surface area contributed by atoms with Crippen molar-refractivity contribution in [2.75, 3.05) is 11.9 Å². The monoisotopic (exact) mass is 464 g/mol. The van der Waals surface area contributed by atoms with Crippen molar-refractivity contribution >= 4 is 28.4 Å². The Morgan fingerprint density at radius 3 is 2.41 bits per heavy atom. The van der Waals surface area contributed by atoms with Gasteiger partial charge in [0, 0.05) is 25.2 Å². The first-order valence-corrected chi connectivity index (χ1v) is 11.7. The molecule has 0 aliphatic carbocycles. The van der Waals surface area contributed by atoms with E-state index in [4.69, 9.17) is 0 Å². The summed E-state index contributed by atoms with van der Waals surface area (Å²) in [7, 11) is 0. The molecule has 2 aromatic carbocycles. The number of anilines is 1. The van der Waals surface area contributed by atoms with E-state index < -0.39 is 5.69 Å². The molecule has 2 amide bonds. The van der Waals surface area contributed by atoms with Gasteiger partial charge in [-0.15, -0.1) is 0 Å². The van der Waals surface area contributed by atoms with Gasteiger partial charge in [0.2, 0.25) is 11.8 Å². The van der Waals surface area contributed by atoms with Gasteiger partial charge >= 0.3 is 5.69 Å². The number of nitrogens with zero attached hydrogens (tertiary/aromatic N) is 2. The first-order valence-electron chi connectivity index (χ1n) is 11.7. The molecule has 2 N–H and O–H groups in total. The molecule has 8 heteroatoms. The summed E-state index contributed by atoms with van der Waals surface area (Å²) >= 11 is 0. The molecule has 0 unspecified atom stereocenters. The van der Waals surface area contributed by atoms with E-state index in [1.54, 1.807) is 24.3 Å². The van der Waals surface area contributed by atoms with Crippen molar-refractivity contribution in [2.24, 2.45) is 0 Å². The zero-order chi connectivity index (χ0) is 24.7. The van der Waals surface area contributed by atoms with Gasteiger partial charge in [0.05, 0.1) is 10.9 Å². The predicted octanol–water partition coefficient (Wildman–Crippen LogP) is 3.12. The van der Waals surface area contributed by atoms with Crippen LogP contribution in [-0.4, -0.2) is 27.5 Å². The van der Waals surface area contributed by atoms with E-state index in [0.717, 1.165) is 22.1 Å². The number of aromatic nitrogens is 2. The highest BCUT2D eigenvalue weighted by molar-refractivity contribution is 5.91. The summed E-state index contributed by atoms with van der Waals surface area (Å²) < 4.78 is 2.50. The predicted molar refractivity (Wildman–Crippen MR) is 134 cm³/mol. The second-order valence-electron chi connectivity index (χ2n) is 8.50. The van der Waals surface area contributed by atoms with Crippen LogP contribution in [0.4, 0.5) is 5.69 Å². The molecule has 0 spiro atoms. The molecule has 0 aliphatic heterocycles. The molecular formula is C26H32N4O4. The smallest absolute Gasteiger partial charge is 0.331 e. The normalized spacial score (nSPS) is 10.9. The largest absolute Gasteiger partial charge is 0.356 e. The number of benzene rings is 2. The fourth-order valence-corrected chi connectivity index (χ4v) is 3.79. The zero-order valence-corrected chi connectivity index (χ0v) is 20.0. The highest BCUT2D eigenvalue weighted by Crippen LogP contribution is 2.14. The lowest BCUT2D eigenvalue weighted by atomic mass is 10.1. The van der Waals surface area contributed by atoms with Crippen LogP contribution in [0.3, 0.4) is 0 Å². The Morgan fingerprint density at radius 2 is 1.68 bits per heavy atom. The van der Waals surface area contributed by atoms with Crippen molar-refractivity contribution in [3.63, 3.8) is 0 Å². The van der Waals surface area contributed by atoms with Crippen LogP contribution >= 0.6 is 0 Å². The Hall–Kier alpha value is -3.68. The van der Waals surface area contributed by atoms with Gasteiger partial charge in [0.1, 0.15) is 6.54 Å². The molecule has 0 saturated heterocycles. The highest BCUT2D eigenvalue weighted by Gasteiger charge is 2.15. The van der Waals surface area contributed by atoms with Gasteiger partial charge in [0.15, 0.2) is 0 Å². The molecular weight excluding hydrogens is 432 g/mol. The number of fused-ring (bicyclic) bond motifs is 1. The van der Waals surface area contributed by atoms with Gasteiger partial charge in [0.25, 0.3) is 5.56 Å². The average molecular weight is 465 g/mol. The minimum absolute atomic E-state index is 0.0341. The molecule has 0 radical (unpaired) electrons. The summed E-state index contributed by atoms with van der Waals surface area (Å²) in [6.45, 7) is 6.55. The number of hydrogen-bond acceptors (Lipinski definition) is 4. The van der Waals surface area contributed by atoms with Crippen LogP contribution in [0.1, 0.15) is 43.7 Å². The Bertz CT molecular complexity index is 1310. The average Bonchev–Trinajstić information content (AvgIpc) is 2.82. The van der Waals surface area contributed by atoms with Crippen LogP contribution in [0.25, 0.3) is 10.9 Å². The molecule has 0 bridgehead atoms. The Morgan fingerprint density at radius 1 is 0.912 bits per heavy atom. The van der Waals surface area contributed by atoms with Crippen molar-refractivity contribution in [3.05, 3.63) is 74.4 Å². The quantitative estimate of drug-likeness (QED) is 0.450. The molecule has 3 rings (SSSR count). The van der Waals surface area contributed by atoms with Crippen LogP contribution in [-0.2, 0) is 22.7 Å². The first kappa shape index (κ1) is 25.0. The minimum atomic E-state index is -0.533. The third kappa shape index (κ3) is 6.01. The number of rotatable bonds is 10. The zero-order valence-electron chi connectivity index (χ0n) is 20.0. The summed E-state index contributed by atoms with van der Waals surface area (Å²) in [5.41, 5.74) is 2.33. The van der Waals surface area contributed by atoms with Crippen LogP contribution in [0.2, 0.25) is 0 Å². The molecule has 1 heterocycles. The number of carbonyl (C=O) groups is 2. The van der Waals surface area contributed by atoms with Crippen molar-refractivity contribution in [1.29, 1.82) is 0 Å². The second-order valence-corrected chi connectivity index (χ2v) is 8.50. The minimum Gasteiger partial charge on any atom is -0.356 e. The first-order chi connectivity index (χ1) is 16.3. The van der Waals surface area contributed by atoms with E-state index in [1.165, 1.54) is 4.57 Å². The van der Waals surface area contributed by atoms with Gasteiger partial charge in [-0.05, 0) is 68.5 Å². The van der Waals surface area contributed by atoms with Gasteiger partial charge in [-0.3, -0.25) is 23.5 Å². The van der Waals surface area contributed by atoms with E-state index in [2.05, 4.69) is 10.6 Å². The number of nitrogens with one attached hydrogen (secondary N) is 2. The van der Waals surface area contributed by atoms with Crippen molar-refractivity contribution in [2.45, 2.75) is 59.5 Å². The molecule has 0 aliphatic rings. The lowest BCUT2D eigenvalue weighted by molar-refractivity contribution is -0.121. The summed E-state index contributed by atoms with van der Waals surface area (Å²) in [5.74, 6) is -0.388. The molecule has 3 aromatic rings. The molecule has 34 heavy (non-hydrogen) atoms. The lowest BCUT2D eigenvalue weighted by Gasteiger charge is -2.14. The Kier molecular flexibility index (Phi) is 8.40. The maximum Gasteiger partial charge on any atom is 0.331 e. The topological polar surface area (TPSA) is 102 Å². The van der Waals surface area contributed by atoms with E-state index in [1.807, 2.05) is 39.0 Å². The second kappa shape index (κ2) is 11.4. The fraction of sp³-hybridized carbons (Fsp3) is 0.385. The van der Waals surface area contributed by atoms with Crippen LogP contribution in [0, 0.1) is 13.8 Å². The highest BCUT2D eigenvalue weighted by atomic mass is 16.2. The standard InChI is InChI=1S/C26H32N4O4/c1-4-14-27-23(31)11-7-8-15-29-25(33)21-9-5-6-10-22(21)30(26(29)34)17-24(32)28-20-13-12-18(2)19(3)16-20/h5-6,9-10,12-13,16H,4,7-8,11,14-15,17H2,1-3H3,(H,27,31)(H,28,32). The van der Waals surface area contributed by atoms with Gasteiger partial charge < -0.3 is 10.6 Å². The van der Waals surface area contributed by atoms with E-state index in [9.17, 15) is 19.2 Å². The number of para-hydroxylation sites is 1. The third-order valence-corrected chi connectivity index (χ3v) is 5.83. The van der Waals surface area contributed by atoms with Crippen molar-refractivity contribution < 1.29 is 9.59 Å². The maximum absolute atomic E-state index is 13.2. The van der Waals surface area contributed by atoms with Crippen molar-refractivity contribution in [3.8, 4) is 0 Å². The molecule has 0 fully saturated rings. The summed E-state index contributed by atoms with van der Waals surface area (Å²) in [6, 6.07) is 12.4. The summed E-state index contributed by atoms with van der Waals surface area (Å²) in [6.07, 6.45) is 2.27. The Labute approximate surface area is 198 Å². The van der Waals surface area contributed by atoms with Gasteiger partial charge in [-0.2, -0.15) is 0 Å². The van der Waals surface area contributed by atoms with Crippen LogP contribution < -0.4 is 21.9 Å². The molecule has 180 valence electrons. The molecule has 0 saturated carbocycles. The van der Waals surface area contributed by atoms with Gasteiger partial charge in [-0.1, -0.05) is 25.1 Å². The lowest BCUT2D eigenvalue weighted by Crippen LogP contribution is -2.41. The third-order valence-electron chi connectivity index (χ3n) is 5.83. The van der Waals surface area contributed by atoms with Crippen LogP contribution in [0.15, 0.2) is 52.1 Å². The number of amides is 2. The summed E-state index contributed by atoms with van der Waals surface area (Å²) in [4.78, 5) is 50.8. The van der Waals surface area contributed by atoms with Crippen LogP contribution in [0.5, 0.6) is 0 Å². The summed E-state index contributed by atoms with van der Waals surface area (Å²) in [5, 5.41) is 6.03. The molecule has 1 aromatic heterocycles. The molecule has 8 nitrogen and oxygen atoms in total. The maximum atomic E-state index is 13.2. The fourth-order valence-electron chi connectivity index (χ4n) is 3.79. The van der Waals surface area contributed by atoms with E-state index >= 15 is 0 Å². The van der Waals surface area contributed by atoms with Crippen molar-refractivity contribution in [1.82, 2.24) is 14.5 Å².